The Hall–Kier alpha value is -2.51. The quantitative estimate of drug-likeness (QED) is 0.718. The van der Waals surface area contributed by atoms with Gasteiger partial charge in [0.25, 0.3) is 0 Å². The first kappa shape index (κ1) is 20.2. The summed E-state index contributed by atoms with van der Waals surface area (Å²) in [4.78, 5) is 37.6. The molecule has 146 valence electrons. The summed E-state index contributed by atoms with van der Waals surface area (Å²) in [6.07, 6.45) is 1.41. The van der Waals surface area contributed by atoms with Crippen molar-refractivity contribution >= 4 is 58.1 Å². The SMILES string of the molecule is O=C(CSCC(=O)Nc1cccc(N2CCCC2=O)c1)Nc1ccc(Cl)cc1. The van der Waals surface area contributed by atoms with Gasteiger partial charge in [-0.2, -0.15) is 0 Å². The number of benzene rings is 2. The van der Waals surface area contributed by atoms with Crippen molar-refractivity contribution in [3.8, 4) is 0 Å². The molecule has 0 aromatic heterocycles. The van der Waals surface area contributed by atoms with E-state index in [9.17, 15) is 14.4 Å². The first-order valence-electron chi connectivity index (χ1n) is 8.85. The molecule has 0 bridgehead atoms. The van der Waals surface area contributed by atoms with Crippen LogP contribution in [-0.2, 0) is 14.4 Å². The first-order valence-corrected chi connectivity index (χ1v) is 10.4. The van der Waals surface area contributed by atoms with E-state index in [4.69, 9.17) is 11.6 Å². The van der Waals surface area contributed by atoms with Crippen molar-refractivity contribution in [1.82, 2.24) is 0 Å². The first-order chi connectivity index (χ1) is 13.5. The number of nitrogens with one attached hydrogen (secondary N) is 2. The Bertz CT molecular complexity index is 873. The Morgan fingerprint density at radius 1 is 1.00 bits per heavy atom. The molecule has 3 rings (SSSR count). The number of amides is 3. The van der Waals surface area contributed by atoms with Gasteiger partial charge in [0.15, 0.2) is 0 Å². The molecular formula is C20H20ClN3O3S. The zero-order valence-corrected chi connectivity index (χ0v) is 16.7. The minimum Gasteiger partial charge on any atom is -0.325 e. The number of nitrogens with zero attached hydrogens (tertiary/aromatic N) is 1. The lowest BCUT2D eigenvalue weighted by atomic mass is 10.2. The van der Waals surface area contributed by atoms with E-state index in [0.29, 0.717) is 29.4 Å². The van der Waals surface area contributed by atoms with Gasteiger partial charge in [-0.15, -0.1) is 11.8 Å². The van der Waals surface area contributed by atoms with Crippen molar-refractivity contribution < 1.29 is 14.4 Å². The summed E-state index contributed by atoms with van der Waals surface area (Å²) in [5.74, 6) is 0.0359. The summed E-state index contributed by atoms with van der Waals surface area (Å²) in [7, 11) is 0. The van der Waals surface area contributed by atoms with Crippen molar-refractivity contribution in [1.29, 1.82) is 0 Å². The Morgan fingerprint density at radius 3 is 2.32 bits per heavy atom. The fourth-order valence-electron chi connectivity index (χ4n) is 2.84. The van der Waals surface area contributed by atoms with E-state index in [1.165, 1.54) is 11.8 Å². The van der Waals surface area contributed by atoms with Gasteiger partial charge in [0.2, 0.25) is 17.7 Å². The van der Waals surface area contributed by atoms with Crippen LogP contribution in [0.2, 0.25) is 5.02 Å². The number of thioether (sulfide) groups is 1. The molecule has 3 amide bonds. The molecular weight excluding hydrogens is 398 g/mol. The highest BCUT2D eigenvalue weighted by Gasteiger charge is 2.21. The number of hydrogen-bond donors (Lipinski definition) is 2. The van der Waals surface area contributed by atoms with Crippen LogP contribution in [0.5, 0.6) is 0 Å². The predicted molar refractivity (Wildman–Crippen MR) is 114 cm³/mol. The predicted octanol–water partition coefficient (Wildman–Crippen LogP) is 3.78. The second-order valence-corrected chi connectivity index (χ2v) is 7.72. The third-order valence-electron chi connectivity index (χ3n) is 4.11. The standard InChI is InChI=1S/C20H20ClN3O3S/c21-14-6-8-15(9-7-14)22-18(25)12-28-13-19(26)23-16-3-1-4-17(11-16)24-10-2-5-20(24)27/h1,3-4,6-9,11H,2,5,10,12-13H2,(H,22,25)(H,23,26). The van der Waals surface area contributed by atoms with Gasteiger partial charge in [0.1, 0.15) is 0 Å². The second-order valence-electron chi connectivity index (χ2n) is 6.30. The van der Waals surface area contributed by atoms with Crippen LogP contribution < -0.4 is 15.5 Å². The molecule has 28 heavy (non-hydrogen) atoms. The van der Waals surface area contributed by atoms with E-state index in [-0.39, 0.29) is 29.2 Å². The molecule has 1 heterocycles. The van der Waals surface area contributed by atoms with Gasteiger partial charge in [0.05, 0.1) is 11.5 Å². The normalized spacial score (nSPS) is 13.5. The third kappa shape index (κ3) is 5.74. The smallest absolute Gasteiger partial charge is 0.234 e. The third-order valence-corrected chi connectivity index (χ3v) is 5.29. The highest BCUT2D eigenvalue weighted by atomic mass is 35.5. The van der Waals surface area contributed by atoms with Crippen LogP contribution in [0, 0.1) is 0 Å². The number of carbonyl (C=O) groups is 3. The van der Waals surface area contributed by atoms with Crippen molar-refractivity contribution in [3.63, 3.8) is 0 Å². The topological polar surface area (TPSA) is 78.5 Å². The molecule has 0 saturated carbocycles. The molecule has 6 nitrogen and oxygen atoms in total. The lowest BCUT2D eigenvalue weighted by Crippen LogP contribution is -2.24. The zero-order chi connectivity index (χ0) is 19.9. The number of carbonyl (C=O) groups excluding carboxylic acids is 3. The Labute approximate surface area is 172 Å². The van der Waals surface area contributed by atoms with E-state index >= 15 is 0 Å². The van der Waals surface area contributed by atoms with Crippen molar-refractivity contribution in [2.75, 3.05) is 33.6 Å². The van der Waals surface area contributed by atoms with Crippen LogP contribution in [0.1, 0.15) is 12.8 Å². The van der Waals surface area contributed by atoms with Crippen LogP contribution in [-0.4, -0.2) is 35.8 Å². The number of anilines is 3. The van der Waals surface area contributed by atoms with E-state index in [1.807, 2.05) is 12.1 Å². The molecule has 0 aliphatic carbocycles. The Morgan fingerprint density at radius 2 is 1.68 bits per heavy atom. The molecule has 0 unspecified atom stereocenters. The van der Waals surface area contributed by atoms with Crippen LogP contribution in [0.25, 0.3) is 0 Å². The molecule has 0 radical (unpaired) electrons. The van der Waals surface area contributed by atoms with Gasteiger partial charge in [-0.25, -0.2) is 0 Å². The lowest BCUT2D eigenvalue weighted by Gasteiger charge is -2.16. The summed E-state index contributed by atoms with van der Waals surface area (Å²) in [5, 5.41) is 6.15. The van der Waals surface area contributed by atoms with Crippen LogP contribution in [0.4, 0.5) is 17.1 Å². The molecule has 8 heteroatoms. The van der Waals surface area contributed by atoms with Gasteiger partial charge in [-0.1, -0.05) is 17.7 Å². The minimum absolute atomic E-state index is 0.103. The lowest BCUT2D eigenvalue weighted by molar-refractivity contribution is -0.117. The van der Waals surface area contributed by atoms with Gasteiger partial charge in [-0.3, -0.25) is 14.4 Å². The van der Waals surface area contributed by atoms with E-state index in [0.717, 1.165) is 12.1 Å². The average molecular weight is 418 g/mol. The van der Waals surface area contributed by atoms with Crippen molar-refractivity contribution in [2.45, 2.75) is 12.8 Å². The monoisotopic (exact) mass is 417 g/mol. The van der Waals surface area contributed by atoms with Crippen LogP contribution in [0.15, 0.2) is 48.5 Å². The summed E-state index contributed by atoms with van der Waals surface area (Å²) >= 11 is 7.03. The van der Waals surface area contributed by atoms with Gasteiger partial charge in [-0.05, 0) is 48.9 Å². The Kier molecular flexibility index (Phi) is 6.95. The van der Waals surface area contributed by atoms with Crippen LogP contribution in [0.3, 0.4) is 0 Å². The van der Waals surface area contributed by atoms with E-state index in [1.54, 1.807) is 41.3 Å². The minimum atomic E-state index is -0.200. The largest absolute Gasteiger partial charge is 0.325 e. The molecule has 0 spiro atoms. The number of hydrogen-bond acceptors (Lipinski definition) is 4. The van der Waals surface area contributed by atoms with E-state index < -0.39 is 0 Å². The fourth-order valence-corrected chi connectivity index (χ4v) is 3.58. The highest BCUT2D eigenvalue weighted by Crippen LogP contribution is 2.24. The molecule has 1 aliphatic heterocycles. The van der Waals surface area contributed by atoms with Crippen molar-refractivity contribution in [3.05, 3.63) is 53.6 Å². The molecule has 0 atom stereocenters. The second kappa shape index (κ2) is 9.61. The zero-order valence-electron chi connectivity index (χ0n) is 15.1. The fraction of sp³-hybridized carbons (Fsp3) is 0.250. The molecule has 1 saturated heterocycles. The molecule has 1 fully saturated rings. The highest BCUT2D eigenvalue weighted by molar-refractivity contribution is 8.00. The maximum absolute atomic E-state index is 12.1. The summed E-state index contributed by atoms with van der Waals surface area (Å²) in [5.41, 5.74) is 2.08. The maximum Gasteiger partial charge on any atom is 0.234 e. The maximum atomic E-state index is 12.1. The van der Waals surface area contributed by atoms with Gasteiger partial charge >= 0.3 is 0 Å². The Balaban J connectivity index is 1.43. The number of halogens is 1. The van der Waals surface area contributed by atoms with E-state index in [2.05, 4.69) is 10.6 Å². The van der Waals surface area contributed by atoms with Crippen LogP contribution >= 0.6 is 23.4 Å². The van der Waals surface area contributed by atoms with Crippen molar-refractivity contribution in [2.24, 2.45) is 0 Å². The summed E-state index contributed by atoms with van der Waals surface area (Å²) in [6.45, 7) is 0.703. The van der Waals surface area contributed by atoms with Gasteiger partial charge in [0, 0.05) is 35.1 Å². The molecule has 2 N–H and O–H groups in total. The number of rotatable bonds is 7. The average Bonchev–Trinajstić information content (AvgIpc) is 3.10. The summed E-state index contributed by atoms with van der Waals surface area (Å²) in [6, 6.07) is 14.1. The summed E-state index contributed by atoms with van der Waals surface area (Å²) < 4.78 is 0. The molecule has 2 aromatic rings. The molecule has 2 aromatic carbocycles. The van der Waals surface area contributed by atoms with Gasteiger partial charge < -0.3 is 15.5 Å². The molecule has 1 aliphatic rings.